The first-order valence-corrected chi connectivity index (χ1v) is 9.11. The number of likely N-dealkylation sites (tertiary alicyclic amines) is 1. The van der Waals surface area contributed by atoms with Crippen LogP contribution in [0.4, 0.5) is 0 Å². The summed E-state index contributed by atoms with van der Waals surface area (Å²) in [5.41, 5.74) is 1.02. The van der Waals surface area contributed by atoms with Gasteiger partial charge in [-0.2, -0.15) is 0 Å². The van der Waals surface area contributed by atoms with Gasteiger partial charge >= 0.3 is 0 Å². The van der Waals surface area contributed by atoms with Crippen molar-refractivity contribution in [1.29, 1.82) is 0 Å². The Morgan fingerprint density at radius 3 is 2.33 bits per heavy atom. The highest BCUT2D eigenvalue weighted by atomic mass is 32.2. The third kappa shape index (κ3) is 4.30. The number of hydrogen-bond acceptors (Lipinski definition) is 3. The van der Waals surface area contributed by atoms with Crippen LogP contribution in [0.25, 0.3) is 0 Å². The van der Waals surface area contributed by atoms with Gasteiger partial charge in [0.05, 0.1) is 10.6 Å². The predicted molar refractivity (Wildman–Crippen MR) is 82.8 cm³/mol. The number of aryl methyl sites for hydroxylation is 1. The van der Waals surface area contributed by atoms with Crippen LogP contribution in [0.5, 0.6) is 0 Å². The Morgan fingerprint density at radius 2 is 1.76 bits per heavy atom. The van der Waals surface area contributed by atoms with Crippen molar-refractivity contribution in [2.75, 3.05) is 18.8 Å². The number of nitrogens with zero attached hydrogens (tertiary/aromatic N) is 1. The molecule has 0 saturated carbocycles. The van der Waals surface area contributed by atoms with E-state index in [9.17, 15) is 13.2 Å². The highest BCUT2D eigenvalue weighted by Crippen LogP contribution is 2.18. The Kier molecular flexibility index (Phi) is 5.04. The Labute approximate surface area is 127 Å². The first kappa shape index (κ1) is 16.0. The molecule has 1 aromatic rings. The van der Waals surface area contributed by atoms with E-state index in [1.807, 2.05) is 6.92 Å². The molecule has 0 radical (unpaired) electrons. The van der Waals surface area contributed by atoms with Crippen LogP contribution in [-0.4, -0.2) is 38.1 Å². The number of rotatable bonds is 4. The van der Waals surface area contributed by atoms with Crippen LogP contribution in [0.2, 0.25) is 0 Å². The summed E-state index contributed by atoms with van der Waals surface area (Å²) >= 11 is 0. The lowest BCUT2D eigenvalue weighted by Gasteiger charge is -2.30. The Bertz CT molecular complexity index is 584. The van der Waals surface area contributed by atoms with Crippen molar-refractivity contribution in [2.45, 2.75) is 38.0 Å². The lowest BCUT2D eigenvalue weighted by Crippen LogP contribution is -2.38. The molecule has 5 heteroatoms. The van der Waals surface area contributed by atoms with E-state index in [0.717, 1.165) is 31.5 Å². The maximum absolute atomic E-state index is 12.2. The van der Waals surface area contributed by atoms with Crippen LogP contribution >= 0.6 is 0 Å². The number of piperidine rings is 1. The molecule has 1 amide bonds. The van der Waals surface area contributed by atoms with Crippen molar-refractivity contribution in [3.8, 4) is 0 Å². The molecule has 0 atom stereocenters. The summed E-state index contributed by atoms with van der Waals surface area (Å²) in [7, 11) is -3.37. The molecule has 0 aromatic heterocycles. The molecule has 1 heterocycles. The molecule has 0 bridgehead atoms. The quantitative estimate of drug-likeness (QED) is 0.858. The maximum Gasteiger partial charge on any atom is 0.223 e. The third-order valence-corrected chi connectivity index (χ3v) is 5.83. The van der Waals surface area contributed by atoms with E-state index in [-0.39, 0.29) is 18.1 Å². The van der Waals surface area contributed by atoms with Crippen LogP contribution in [0.15, 0.2) is 29.2 Å². The molecular formula is C16H23NO3S. The molecule has 0 aliphatic carbocycles. The van der Waals surface area contributed by atoms with Gasteiger partial charge in [0.15, 0.2) is 9.84 Å². The van der Waals surface area contributed by atoms with E-state index in [0.29, 0.717) is 10.8 Å². The molecule has 4 nitrogen and oxygen atoms in total. The van der Waals surface area contributed by atoms with Crippen LogP contribution in [0.1, 0.15) is 31.7 Å². The van der Waals surface area contributed by atoms with Crippen LogP contribution < -0.4 is 0 Å². The molecule has 1 aliphatic heterocycles. The first-order valence-electron chi connectivity index (χ1n) is 7.46. The number of carbonyl (C=O) groups excluding carboxylic acids is 1. The van der Waals surface area contributed by atoms with E-state index in [4.69, 9.17) is 0 Å². The lowest BCUT2D eigenvalue weighted by molar-refractivity contribution is -0.132. The summed E-state index contributed by atoms with van der Waals surface area (Å²) in [6, 6.07) is 6.77. The summed E-state index contributed by atoms with van der Waals surface area (Å²) in [4.78, 5) is 14.2. The van der Waals surface area contributed by atoms with E-state index in [1.54, 1.807) is 29.2 Å². The highest BCUT2D eigenvalue weighted by Gasteiger charge is 2.22. The minimum absolute atomic E-state index is 0.0439. The van der Waals surface area contributed by atoms with Crippen molar-refractivity contribution in [3.05, 3.63) is 29.8 Å². The average Bonchev–Trinajstić information content (AvgIpc) is 2.46. The number of hydrogen-bond donors (Lipinski definition) is 0. The van der Waals surface area contributed by atoms with Gasteiger partial charge in [-0.05, 0) is 37.8 Å². The zero-order valence-electron chi connectivity index (χ0n) is 12.7. The van der Waals surface area contributed by atoms with Gasteiger partial charge in [0.25, 0.3) is 0 Å². The number of carbonyl (C=O) groups is 1. The Hall–Kier alpha value is -1.36. The minimum atomic E-state index is -3.37. The summed E-state index contributed by atoms with van der Waals surface area (Å²) in [6.45, 7) is 5.61. The normalized spacial score (nSPS) is 17.0. The summed E-state index contributed by atoms with van der Waals surface area (Å²) in [5, 5.41) is 0. The SMILES string of the molecule is Cc1ccc(S(=O)(=O)CCC(=O)N2CCC(C)CC2)cc1. The van der Waals surface area contributed by atoms with Crippen molar-refractivity contribution in [3.63, 3.8) is 0 Å². The molecular weight excluding hydrogens is 286 g/mol. The topological polar surface area (TPSA) is 54.5 Å². The summed E-state index contributed by atoms with van der Waals surface area (Å²) in [5.74, 6) is 0.504. The highest BCUT2D eigenvalue weighted by molar-refractivity contribution is 7.91. The molecule has 1 aliphatic rings. The molecule has 21 heavy (non-hydrogen) atoms. The van der Waals surface area contributed by atoms with Gasteiger partial charge in [-0.15, -0.1) is 0 Å². The monoisotopic (exact) mass is 309 g/mol. The summed E-state index contributed by atoms with van der Waals surface area (Å²) < 4.78 is 24.4. The molecule has 2 rings (SSSR count). The standard InChI is InChI=1S/C16H23NO3S/c1-13-3-5-15(6-4-13)21(19,20)12-9-16(18)17-10-7-14(2)8-11-17/h3-6,14H,7-12H2,1-2H3. The third-order valence-electron chi connectivity index (χ3n) is 4.10. The molecule has 0 spiro atoms. The van der Waals surface area contributed by atoms with E-state index < -0.39 is 9.84 Å². The van der Waals surface area contributed by atoms with E-state index in [1.165, 1.54) is 0 Å². The fraction of sp³-hybridized carbons (Fsp3) is 0.562. The smallest absolute Gasteiger partial charge is 0.223 e. The van der Waals surface area contributed by atoms with Crippen LogP contribution in [-0.2, 0) is 14.6 Å². The van der Waals surface area contributed by atoms with Gasteiger partial charge in [0.1, 0.15) is 0 Å². The van der Waals surface area contributed by atoms with Crippen molar-refractivity contribution < 1.29 is 13.2 Å². The van der Waals surface area contributed by atoms with E-state index >= 15 is 0 Å². The molecule has 116 valence electrons. The average molecular weight is 309 g/mol. The Balaban J connectivity index is 1.92. The van der Waals surface area contributed by atoms with Gasteiger partial charge in [-0.1, -0.05) is 24.6 Å². The lowest BCUT2D eigenvalue weighted by atomic mass is 9.99. The fourth-order valence-corrected chi connectivity index (χ4v) is 3.73. The van der Waals surface area contributed by atoms with E-state index in [2.05, 4.69) is 6.92 Å². The number of benzene rings is 1. The van der Waals surface area contributed by atoms with Crippen molar-refractivity contribution in [1.82, 2.24) is 4.90 Å². The predicted octanol–water partition coefficient (Wildman–Crippen LogP) is 2.42. The van der Waals surface area contributed by atoms with Gasteiger partial charge in [-0.25, -0.2) is 8.42 Å². The number of sulfone groups is 1. The Morgan fingerprint density at radius 1 is 1.19 bits per heavy atom. The second-order valence-electron chi connectivity index (χ2n) is 5.95. The zero-order chi connectivity index (χ0) is 15.5. The molecule has 0 N–H and O–H groups in total. The number of amides is 1. The van der Waals surface area contributed by atoms with Crippen molar-refractivity contribution >= 4 is 15.7 Å². The maximum atomic E-state index is 12.2. The van der Waals surface area contributed by atoms with Gasteiger partial charge in [-0.3, -0.25) is 4.79 Å². The van der Waals surface area contributed by atoms with Crippen LogP contribution in [0.3, 0.4) is 0 Å². The largest absolute Gasteiger partial charge is 0.343 e. The summed E-state index contributed by atoms with van der Waals surface area (Å²) in [6.07, 6.45) is 2.09. The second-order valence-corrected chi connectivity index (χ2v) is 8.05. The zero-order valence-corrected chi connectivity index (χ0v) is 13.5. The minimum Gasteiger partial charge on any atom is -0.343 e. The van der Waals surface area contributed by atoms with Crippen molar-refractivity contribution in [2.24, 2.45) is 5.92 Å². The molecule has 0 unspecified atom stereocenters. The van der Waals surface area contributed by atoms with Gasteiger partial charge < -0.3 is 4.90 Å². The molecule has 1 fully saturated rings. The van der Waals surface area contributed by atoms with Crippen LogP contribution in [0, 0.1) is 12.8 Å². The fourth-order valence-electron chi connectivity index (χ4n) is 2.50. The van der Waals surface area contributed by atoms with Gasteiger partial charge in [0.2, 0.25) is 5.91 Å². The van der Waals surface area contributed by atoms with Gasteiger partial charge in [0, 0.05) is 19.5 Å². The molecule has 1 aromatic carbocycles. The second kappa shape index (κ2) is 6.60. The molecule has 1 saturated heterocycles. The first-order chi connectivity index (χ1) is 9.88.